The van der Waals surface area contributed by atoms with Crippen LogP contribution in [0.3, 0.4) is 0 Å². The number of hydrogen-bond donors (Lipinski definition) is 1. The highest BCUT2D eigenvalue weighted by Crippen LogP contribution is 2.39. The van der Waals surface area contributed by atoms with Crippen LogP contribution < -0.4 is 9.21 Å². The topological polar surface area (TPSA) is 90.8 Å². The summed E-state index contributed by atoms with van der Waals surface area (Å²) >= 11 is 0. The van der Waals surface area contributed by atoms with Gasteiger partial charge in [-0.25, -0.2) is 27.0 Å². The van der Waals surface area contributed by atoms with Crippen LogP contribution in [0.15, 0.2) is 12.1 Å². The van der Waals surface area contributed by atoms with Gasteiger partial charge in [0.25, 0.3) is 6.43 Å². The highest BCUT2D eigenvalue weighted by Gasteiger charge is 2.35. The number of sulfonamides is 1. The third-order valence-electron chi connectivity index (χ3n) is 4.76. The molecule has 1 N–H and O–H groups in total. The lowest BCUT2D eigenvalue weighted by atomic mass is 10.2. The number of carbonyl (C=O) groups is 1. The number of halogens is 2. The quantitative estimate of drug-likeness (QED) is 0.679. The Kier molecular flexibility index (Phi) is 6.28. The molecule has 2 atom stereocenters. The lowest BCUT2D eigenvalue weighted by molar-refractivity contribution is 0.0696. The molecule has 1 fully saturated rings. The number of pyridine rings is 1. The zero-order valence-electron chi connectivity index (χ0n) is 15.8. The molecule has 2 unspecified atom stereocenters. The van der Waals surface area contributed by atoms with Crippen molar-refractivity contribution in [3.8, 4) is 0 Å². The van der Waals surface area contributed by atoms with Crippen molar-refractivity contribution in [1.29, 1.82) is 0 Å². The molecule has 1 aromatic heterocycles. The van der Waals surface area contributed by atoms with Gasteiger partial charge in [0.15, 0.2) is 0 Å². The minimum atomic E-state index is -3.75. The Bertz CT molecular complexity index is 801. The fourth-order valence-corrected chi connectivity index (χ4v) is 3.75. The van der Waals surface area contributed by atoms with E-state index >= 15 is 0 Å². The van der Waals surface area contributed by atoms with Gasteiger partial charge in [0.05, 0.1) is 17.4 Å². The Labute approximate surface area is 158 Å². The number of hydrogen-bond acceptors (Lipinski definition) is 5. The Morgan fingerprint density at radius 3 is 2.33 bits per heavy atom. The second-order valence-electron chi connectivity index (χ2n) is 7.21. The van der Waals surface area contributed by atoms with Crippen LogP contribution in [-0.2, 0) is 10.0 Å². The fourth-order valence-electron chi connectivity index (χ4n) is 2.76. The minimum Gasteiger partial charge on any atom is -0.478 e. The van der Waals surface area contributed by atoms with Gasteiger partial charge < -0.3 is 10.0 Å². The van der Waals surface area contributed by atoms with E-state index in [4.69, 9.17) is 0 Å². The summed E-state index contributed by atoms with van der Waals surface area (Å²) in [5.74, 6) is -0.709. The number of alkyl halides is 2. The first-order valence-corrected chi connectivity index (χ1v) is 10.2. The van der Waals surface area contributed by atoms with E-state index in [0.717, 1.165) is 16.8 Å². The van der Waals surface area contributed by atoms with E-state index in [2.05, 4.69) is 4.98 Å². The van der Waals surface area contributed by atoms with Crippen LogP contribution in [0.25, 0.3) is 0 Å². The van der Waals surface area contributed by atoms with Gasteiger partial charge in [0, 0.05) is 13.6 Å². The molecule has 1 aliphatic carbocycles. The van der Waals surface area contributed by atoms with Crippen molar-refractivity contribution in [2.75, 3.05) is 29.3 Å². The van der Waals surface area contributed by atoms with Gasteiger partial charge >= 0.3 is 5.97 Å². The van der Waals surface area contributed by atoms with Crippen LogP contribution in [0.1, 0.15) is 37.6 Å². The van der Waals surface area contributed by atoms with Gasteiger partial charge in [-0.05, 0) is 44.2 Å². The van der Waals surface area contributed by atoms with Gasteiger partial charge in [0.2, 0.25) is 10.0 Å². The van der Waals surface area contributed by atoms with Crippen LogP contribution in [0.4, 0.5) is 20.4 Å². The molecule has 7 nitrogen and oxygen atoms in total. The standard InChI is InChI=1S/C17H25F2N3O4S/c1-10(2)27(25,26)21(4)15-6-12(17(23)24)7-16(20-15)22(9-14(18)19)8-13-5-11(13)3/h6-7,10-11,13-14H,5,8-9H2,1-4H3,(H,23,24). The van der Waals surface area contributed by atoms with Gasteiger partial charge in [0.1, 0.15) is 11.6 Å². The average Bonchev–Trinajstić information content (AvgIpc) is 3.27. The van der Waals surface area contributed by atoms with E-state index < -0.39 is 34.2 Å². The summed E-state index contributed by atoms with van der Waals surface area (Å²) in [5, 5.41) is 8.62. The normalized spacial score (nSPS) is 19.4. The van der Waals surface area contributed by atoms with Crippen molar-refractivity contribution in [2.24, 2.45) is 11.8 Å². The van der Waals surface area contributed by atoms with E-state index in [9.17, 15) is 27.1 Å². The van der Waals surface area contributed by atoms with Crippen LogP contribution >= 0.6 is 0 Å². The van der Waals surface area contributed by atoms with Crippen LogP contribution in [0.5, 0.6) is 0 Å². The molecule has 152 valence electrons. The van der Waals surface area contributed by atoms with Gasteiger partial charge in [-0.15, -0.1) is 0 Å². The Morgan fingerprint density at radius 1 is 1.33 bits per heavy atom. The predicted octanol–water partition coefficient (Wildman–Crippen LogP) is 2.68. The predicted molar refractivity (Wildman–Crippen MR) is 99.1 cm³/mol. The second-order valence-corrected chi connectivity index (χ2v) is 9.73. The zero-order chi connectivity index (χ0) is 20.5. The Balaban J connectivity index is 2.47. The molecule has 1 heterocycles. The summed E-state index contributed by atoms with van der Waals surface area (Å²) in [5.41, 5.74) is -0.205. The van der Waals surface area contributed by atoms with E-state index in [1.54, 1.807) is 0 Å². The summed E-state index contributed by atoms with van der Waals surface area (Å²) < 4.78 is 51.8. The van der Waals surface area contributed by atoms with E-state index in [1.165, 1.54) is 31.9 Å². The third-order valence-corrected chi connectivity index (χ3v) is 6.90. The first-order chi connectivity index (χ1) is 12.4. The number of aromatic nitrogens is 1. The van der Waals surface area contributed by atoms with Gasteiger partial charge in [-0.1, -0.05) is 6.92 Å². The molecule has 0 radical (unpaired) electrons. The van der Waals surface area contributed by atoms with Crippen molar-refractivity contribution >= 4 is 27.6 Å². The fraction of sp³-hybridized carbons (Fsp3) is 0.647. The molecule has 1 aliphatic rings. The smallest absolute Gasteiger partial charge is 0.335 e. The molecular formula is C17H25F2N3O4S. The molecule has 0 amide bonds. The van der Waals surface area contributed by atoms with Crippen LogP contribution in [-0.4, -0.2) is 56.3 Å². The van der Waals surface area contributed by atoms with Crippen molar-refractivity contribution in [1.82, 2.24) is 4.98 Å². The van der Waals surface area contributed by atoms with Crippen LogP contribution in [0.2, 0.25) is 0 Å². The number of rotatable bonds is 9. The zero-order valence-corrected chi connectivity index (χ0v) is 16.6. The largest absolute Gasteiger partial charge is 0.478 e. The molecule has 0 aliphatic heterocycles. The average molecular weight is 405 g/mol. The molecule has 0 spiro atoms. The molecular weight excluding hydrogens is 380 g/mol. The van der Waals surface area contributed by atoms with E-state index in [0.29, 0.717) is 12.5 Å². The van der Waals surface area contributed by atoms with Crippen molar-refractivity contribution in [2.45, 2.75) is 38.9 Å². The molecule has 2 rings (SSSR count). The summed E-state index contributed by atoms with van der Waals surface area (Å²) in [6.45, 7) is 4.72. The van der Waals surface area contributed by atoms with Crippen molar-refractivity contribution in [3.05, 3.63) is 17.7 Å². The third kappa shape index (κ3) is 5.06. The number of carboxylic acid groups (broad SMARTS) is 1. The molecule has 0 bridgehead atoms. The first kappa shape index (κ1) is 21.3. The molecule has 0 saturated heterocycles. The summed E-state index contributed by atoms with van der Waals surface area (Å²) in [6, 6.07) is 2.34. The summed E-state index contributed by atoms with van der Waals surface area (Å²) in [4.78, 5) is 17.0. The highest BCUT2D eigenvalue weighted by molar-refractivity contribution is 7.93. The van der Waals surface area contributed by atoms with Crippen molar-refractivity contribution < 1.29 is 27.1 Å². The minimum absolute atomic E-state index is 0.0371. The monoisotopic (exact) mass is 405 g/mol. The van der Waals surface area contributed by atoms with E-state index in [1.807, 2.05) is 6.92 Å². The van der Waals surface area contributed by atoms with Gasteiger partial charge in [-0.3, -0.25) is 4.31 Å². The maximum atomic E-state index is 13.1. The summed E-state index contributed by atoms with van der Waals surface area (Å²) in [7, 11) is -2.47. The van der Waals surface area contributed by atoms with Gasteiger partial charge in [-0.2, -0.15) is 0 Å². The number of aromatic carboxylic acids is 1. The lowest BCUT2D eigenvalue weighted by Crippen LogP contribution is -2.35. The second kappa shape index (κ2) is 7.95. The summed E-state index contributed by atoms with van der Waals surface area (Å²) in [6.07, 6.45) is -1.72. The molecule has 0 aromatic carbocycles. The number of anilines is 2. The lowest BCUT2D eigenvalue weighted by Gasteiger charge is -2.26. The Hall–Kier alpha value is -1.97. The SMILES string of the molecule is CC1CC1CN(CC(F)F)c1cc(C(=O)O)cc(N(C)S(=O)(=O)C(C)C)n1. The first-order valence-electron chi connectivity index (χ1n) is 8.69. The molecule has 27 heavy (non-hydrogen) atoms. The van der Waals surface area contributed by atoms with E-state index in [-0.39, 0.29) is 23.1 Å². The number of nitrogens with zero attached hydrogens (tertiary/aromatic N) is 3. The highest BCUT2D eigenvalue weighted by atomic mass is 32.2. The maximum absolute atomic E-state index is 13.1. The van der Waals surface area contributed by atoms with Crippen LogP contribution in [0, 0.1) is 11.8 Å². The molecule has 10 heteroatoms. The molecule has 1 saturated carbocycles. The number of carboxylic acids is 1. The molecule has 1 aromatic rings. The maximum Gasteiger partial charge on any atom is 0.335 e. The van der Waals surface area contributed by atoms with Crippen molar-refractivity contribution in [3.63, 3.8) is 0 Å². The Morgan fingerprint density at radius 2 is 1.89 bits per heavy atom.